The molecule has 0 radical (unpaired) electrons. The molecule has 1 aliphatic rings. The van der Waals surface area contributed by atoms with E-state index in [4.69, 9.17) is 9.84 Å². The van der Waals surface area contributed by atoms with Crippen molar-refractivity contribution in [3.05, 3.63) is 29.8 Å². The molecule has 1 fully saturated rings. The maximum Gasteiger partial charge on any atom is 0.303 e. The summed E-state index contributed by atoms with van der Waals surface area (Å²) in [6.45, 7) is 0.835. The molecule has 0 amide bonds. The highest BCUT2D eigenvalue weighted by atomic mass is 32.2. The van der Waals surface area contributed by atoms with Gasteiger partial charge in [-0.1, -0.05) is 12.1 Å². The van der Waals surface area contributed by atoms with Crippen LogP contribution in [0.5, 0.6) is 0 Å². The zero-order chi connectivity index (χ0) is 15.5. The van der Waals surface area contributed by atoms with Gasteiger partial charge in [0.1, 0.15) is 0 Å². The third-order valence-electron chi connectivity index (χ3n) is 3.63. The van der Waals surface area contributed by atoms with Gasteiger partial charge in [0.15, 0.2) is 0 Å². The molecule has 0 spiro atoms. The Kier molecular flexibility index (Phi) is 4.97. The molecule has 0 saturated carbocycles. The van der Waals surface area contributed by atoms with Crippen molar-refractivity contribution >= 4 is 16.0 Å². The van der Waals surface area contributed by atoms with Gasteiger partial charge in [0, 0.05) is 26.6 Å². The van der Waals surface area contributed by atoms with E-state index < -0.39 is 16.0 Å². The SMILES string of the molecule is COC1CCN(S(=O)(=O)c2ccc(CCC(=O)O)cc2)C1. The van der Waals surface area contributed by atoms with E-state index in [9.17, 15) is 13.2 Å². The summed E-state index contributed by atoms with van der Waals surface area (Å²) in [6, 6.07) is 6.40. The van der Waals surface area contributed by atoms with E-state index in [1.807, 2.05) is 0 Å². The Morgan fingerprint density at radius 2 is 2.05 bits per heavy atom. The topological polar surface area (TPSA) is 83.9 Å². The molecule has 1 atom stereocenters. The Hall–Kier alpha value is -1.44. The number of carbonyl (C=O) groups is 1. The van der Waals surface area contributed by atoms with Crippen LogP contribution in [-0.2, 0) is 26.0 Å². The maximum atomic E-state index is 12.4. The summed E-state index contributed by atoms with van der Waals surface area (Å²) in [5.41, 5.74) is 0.813. The number of rotatable bonds is 6. The molecule has 0 aromatic heterocycles. The number of sulfonamides is 1. The third kappa shape index (κ3) is 3.81. The van der Waals surface area contributed by atoms with Gasteiger partial charge in [-0.05, 0) is 30.5 Å². The number of aryl methyl sites for hydroxylation is 1. The number of hydrogen-bond donors (Lipinski definition) is 1. The smallest absolute Gasteiger partial charge is 0.303 e. The number of carboxylic acid groups (broad SMARTS) is 1. The zero-order valence-electron chi connectivity index (χ0n) is 11.9. The predicted molar refractivity (Wildman–Crippen MR) is 76.6 cm³/mol. The Morgan fingerprint density at radius 1 is 1.38 bits per heavy atom. The van der Waals surface area contributed by atoms with E-state index >= 15 is 0 Å². The minimum Gasteiger partial charge on any atom is -0.481 e. The maximum absolute atomic E-state index is 12.4. The van der Waals surface area contributed by atoms with Crippen molar-refractivity contribution in [2.24, 2.45) is 0 Å². The van der Waals surface area contributed by atoms with Crippen molar-refractivity contribution in [1.82, 2.24) is 4.31 Å². The highest BCUT2D eigenvalue weighted by molar-refractivity contribution is 7.89. The molecule has 116 valence electrons. The van der Waals surface area contributed by atoms with Crippen molar-refractivity contribution in [2.75, 3.05) is 20.2 Å². The van der Waals surface area contributed by atoms with Crippen LogP contribution in [-0.4, -0.2) is 50.1 Å². The monoisotopic (exact) mass is 313 g/mol. The van der Waals surface area contributed by atoms with Gasteiger partial charge < -0.3 is 9.84 Å². The number of methoxy groups -OCH3 is 1. The summed E-state index contributed by atoms with van der Waals surface area (Å²) >= 11 is 0. The van der Waals surface area contributed by atoms with Crippen LogP contribution in [0.1, 0.15) is 18.4 Å². The van der Waals surface area contributed by atoms with Gasteiger partial charge in [-0.3, -0.25) is 4.79 Å². The molecule has 1 aromatic rings. The molecule has 1 unspecified atom stereocenters. The molecule has 0 bridgehead atoms. The van der Waals surface area contributed by atoms with Crippen molar-refractivity contribution < 1.29 is 23.1 Å². The van der Waals surface area contributed by atoms with Crippen LogP contribution < -0.4 is 0 Å². The fourth-order valence-electron chi connectivity index (χ4n) is 2.34. The quantitative estimate of drug-likeness (QED) is 0.850. The van der Waals surface area contributed by atoms with Crippen LogP contribution >= 0.6 is 0 Å². The van der Waals surface area contributed by atoms with E-state index in [-0.39, 0.29) is 17.4 Å². The molecule has 21 heavy (non-hydrogen) atoms. The van der Waals surface area contributed by atoms with Crippen molar-refractivity contribution in [3.63, 3.8) is 0 Å². The van der Waals surface area contributed by atoms with Gasteiger partial charge in [0.2, 0.25) is 10.0 Å². The molecule has 0 aliphatic carbocycles. The summed E-state index contributed by atoms with van der Waals surface area (Å²) in [5, 5.41) is 8.64. The lowest BCUT2D eigenvalue weighted by atomic mass is 10.1. The Morgan fingerprint density at radius 3 is 2.57 bits per heavy atom. The van der Waals surface area contributed by atoms with Crippen LogP contribution in [0.25, 0.3) is 0 Å². The highest BCUT2D eigenvalue weighted by Gasteiger charge is 2.32. The molecular formula is C14H19NO5S. The van der Waals surface area contributed by atoms with E-state index in [1.54, 1.807) is 19.2 Å². The van der Waals surface area contributed by atoms with Crippen molar-refractivity contribution in [2.45, 2.75) is 30.3 Å². The molecule has 1 saturated heterocycles. The Bertz CT molecular complexity index is 596. The lowest BCUT2D eigenvalue weighted by molar-refractivity contribution is -0.136. The largest absolute Gasteiger partial charge is 0.481 e. The molecule has 6 nitrogen and oxygen atoms in total. The van der Waals surface area contributed by atoms with Crippen LogP contribution in [0.2, 0.25) is 0 Å². The van der Waals surface area contributed by atoms with Gasteiger partial charge in [0.25, 0.3) is 0 Å². The second-order valence-electron chi connectivity index (χ2n) is 5.05. The molecule has 1 aromatic carbocycles. The van der Waals surface area contributed by atoms with Crippen molar-refractivity contribution in [1.29, 1.82) is 0 Å². The minimum atomic E-state index is -3.49. The lowest BCUT2D eigenvalue weighted by Gasteiger charge is -2.16. The first-order valence-corrected chi connectivity index (χ1v) is 8.21. The van der Waals surface area contributed by atoms with Crippen molar-refractivity contribution in [3.8, 4) is 0 Å². The van der Waals surface area contributed by atoms with E-state index in [0.717, 1.165) is 5.56 Å². The standard InChI is InChI=1S/C14H19NO5S/c1-20-12-8-9-15(10-12)21(18,19)13-5-2-11(3-6-13)4-7-14(16)17/h2-3,5-6,12H,4,7-10H2,1H3,(H,16,17). The summed E-state index contributed by atoms with van der Waals surface area (Å²) < 4.78 is 31.5. The first-order chi connectivity index (χ1) is 9.93. The number of benzene rings is 1. The average Bonchev–Trinajstić information content (AvgIpc) is 2.95. The molecule has 2 rings (SSSR count). The first-order valence-electron chi connectivity index (χ1n) is 6.77. The predicted octanol–water partition coefficient (Wildman–Crippen LogP) is 1.11. The molecule has 1 heterocycles. The number of hydrogen-bond acceptors (Lipinski definition) is 4. The van der Waals surface area contributed by atoms with E-state index in [2.05, 4.69) is 0 Å². The van der Waals surface area contributed by atoms with Crippen LogP contribution in [0, 0.1) is 0 Å². The van der Waals surface area contributed by atoms with Crippen LogP contribution in [0.3, 0.4) is 0 Å². The Balaban J connectivity index is 2.08. The zero-order valence-corrected chi connectivity index (χ0v) is 12.7. The first kappa shape index (κ1) is 15.9. The van der Waals surface area contributed by atoms with Gasteiger partial charge in [-0.2, -0.15) is 4.31 Å². The van der Waals surface area contributed by atoms with Gasteiger partial charge in [-0.25, -0.2) is 8.42 Å². The number of carboxylic acids is 1. The molecule has 1 aliphatic heterocycles. The van der Waals surface area contributed by atoms with Crippen LogP contribution in [0.4, 0.5) is 0 Å². The normalized spacial score (nSPS) is 19.8. The summed E-state index contributed by atoms with van der Waals surface area (Å²) in [7, 11) is -1.91. The third-order valence-corrected chi connectivity index (χ3v) is 5.51. The average molecular weight is 313 g/mol. The fraction of sp³-hybridized carbons (Fsp3) is 0.500. The molecule has 1 N–H and O–H groups in total. The van der Waals surface area contributed by atoms with Crippen LogP contribution in [0.15, 0.2) is 29.2 Å². The molecular weight excluding hydrogens is 294 g/mol. The number of nitrogens with zero attached hydrogens (tertiary/aromatic N) is 1. The second-order valence-corrected chi connectivity index (χ2v) is 6.99. The summed E-state index contributed by atoms with van der Waals surface area (Å²) in [6.07, 6.45) is 1.08. The highest BCUT2D eigenvalue weighted by Crippen LogP contribution is 2.22. The van der Waals surface area contributed by atoms with Gasteiger partial charge in [-0.15, -0.1) is 0 Å². The van der Waals surface area contributed by atoms with E-state index in [0.29, 0.717) is 25.9 Å². The van der Waals surface area contributed by atoms with Gasteiger partial charge >= 0.3 is 5.97 Å². The fourth-order valence-corrected chi connectivity index (χ4v) is 3.82. The minimum absolute atomic E-state index is 0.0355. The van der Waals surface area contributed by atoms with E-state index in [1.165, 1.54) is 16.4 Å². The number of ether oxygens (including phenoxy) is 1. The lowest BCUT2D eigenvalue weighted by Crippen LogP contribution is -2.30. The number of aliphatic carboxylic acids is 1. The Labute approximate surface area is 124 Å². The second kappa shape index (κ2) is 6.55. The summed E-state index contributed by atoms with van der Waals surface area (Å²) in [5.74, 6) is -0.866. The van der Waals surface area contributed by atoms with Gasteiger partial charge in [0.05, 0.1) is 11.0 Å². The molecule has 7 heteroatoms. The summed E-state index contributed by atoms with van der Waals surface area (Å²) in [4.78, 5) is 10.8.